The maximum absolute atomic E-state index is 11.2. The van der Waals surface area contributed by atoms with Crippen molar-refractivity contribution < 1.29 is 29.7 Å². The number of carbonyl (C=O) groups excluding carboxylic acids is 2. The van der Waals surface area contributed by atoms with Crippen molar-refractivity contribution in [2.45, 2.75) is 104 Å². The molecule has 0 aliphatic carbocycles. The van der Waals surface area contributed by atoms with E-state index in [1.54, 1.807) is 0 Å². The van der Waals surface area contributed by atoms with Crippen molar-refractivity contribution in [2.75, 3.05) is 13.1 Å². The first-order valence-corrected chi connectivity index (χ1v) is 11.2. The van der Waals surface area contributed by atoms with Crippen LogP contribution in [0, 0.1) is 0 Å². The van der Waals surface area contributed by atoms with Gasteiger partial charge in [-0.3, -0.25) is 9.59 Å². The van der Waals surface area contributed by atoms with Gasteiger partial charge in [-0.1, -0.05) is 65.2 Å². The average Bonchev–Trinajstić information content (AvgIpc) is 2.67. The van der Waals surface area contributed by atoms with Crippen molar-refractivity contribution in [1.82, 2.24) is 5.32 Å². The van der Waals surface area contributed by atoms with Gasteiger partial charge in [0, 0.05) is 31.9 Å². The Bertz CT molecular complexity index is 487. The molecule has 0 rings (SSSR count). The molecule has 0 aromatic rings. The third-order valence-corrected chi connectivity index (χ3v) is 4.27. The Kier molecular flexibility index (Phi) is 30.5. The Morgan fingerprint density at radius 3 is 1.77 bits per heavy atom. The molecule has 0 radical (unpaired) electrons. The van der Waals surface area contributed by atoms with Crippen LogP contribution >= 0.6 is 0 Å². The second-order valence-electron chi connectivity index (χ2n) is 7.22. The maximum atomic E-state index is 11.2. The summed E-state index contributed by atoms with van der Waals surface area (Å²) in [6.45, 7) is 4.58. The van der Waals surface area contributed by atoms with E-state index in [1.807, 2.05) is 0 Å². The predicted octanol–water partition coefficient (Wildman–Crippen LogP) is 1.80. The van der Waals surface area contributed by atoms with Crippen LogP contribution in [0.5, 0.6) is 0 Å². The fourth-order valence-corrected chi connectivity index (χ4v) is 2.52. The molecule has 0 aromatic carbocycles. The summed E-state index contributed by atoms with van der Waals surface area (Å²) >= 11 is 0. The van der Waals surface area contributed by atoms with Crippen molar-refractivity contribution in [3.63, 3.8) is 0 Å². The molecule has 31 heavy (non-hydrogen) atoms. The number of carbonyl (C=O) groups is 3. The van der Waals surface area contributed by atoms with E-state index >= 15 is 0 Å². The molecule has 0 heterocycles. The number of carboxylic acids is 2. The second kappa shape index (κ2) is 27.2. The van der Waals surface area contributed by atoms with Crippen molar-refractivity contribution in [1.29, 1.82) is 0 Å². The molecule has 9 heteroatoms. The van der Waals surface area contributed by atoms with Gasteiger partial charge in [0.05, 0.1) is 6.42 Å². The van der Waals surface area contributed by atoms with Crippen molar-refractivity contribution in [3.05, 3.63) is 0 Å². The van der Waals surface area contributed by atoms with Gasteiger partial charge < -0.3 is 30.4 Å². The number of carboxylic acid groups (broad SMARTS) is 2. The third-order valence-electron chi connectivity index (χ3n) is 4.27. The number of nitrogens with zero attached hydrogens (tertiary/aromatic N) is 1. The minimum absolute atomic E-state index is 0. The zero-order valence-electron chi connectivity index (χ0n) is 19.5. The summed E-state index contributed by atoms with van der Waals surface area (Å²) in [4.78, 5) is 35.0. The molecule has 0 spiro atoms. The molecule has 0 saturated carbocycles. The summed E-state index contributed by atoms with van der Waals surface area (Å²) in [5.74, 6) is -2.26. The predicted molar refractivity (Wildman–Crippen MR) is 120 cm³/mol. The average molecular weight is 469 g/mol. The van der Waals surface area contributed by atoms with Crippen LogP contribution in [0.2, 0.25) is 0 Å². The van der Waals surface area contributed by atoms with Crippen LogP contribution in [0.15, 0.2) is 4.99 Å². The van der Waals surface area contributed by atoms with Gasteiger partial charge in [-0.05, 0) is 25.2 Å². The number of rotatable bonds is 18. The Labute approximate surface area is 217 Å². The Morgan fingerprint density at radius 2 is 1.29 bits per heavy atom. The zero-order valence-corrected chi connectivity index (χ0v) is 21.7. The Hall–Kier alpha value is -0.860. The monoisotopic (exact) mass is 468 g/mol. The van der Waals surface area contributed by atoms with E-state index in [1.165, 1.54) is 32.1 Å². The van der Waals surface area contributed by atoms with Crippen molar-refractivity contribution in [2.24, 2.45) is 4.99 Å². The molecule has 1 amide bonds. The van der Waals surface area contributed by atoms with E-state index in [2.05, 4.69) is 24.2 Å². The Balaban J connectivity index is -0.000000490. The van der Waals surface area contributed by atoms with Crippen LogP contribution in [0.3, 0.4) is 0 Å². The van der Waals surface area contributed by atoms with Crippen LogP contribution in [-0.2, 0) is 14.4 Å². The summed E-state index contributed by atoms with van der Waals surface area (Å²) < 4.78 is 0. The number of hydrogen-bond acceptors (Lipinski definition) is 6. The van der Waals surface area contributed by atoms with Crippen LogP contribution in [0.4, 0.5) is 0 Å². The number of unbranched alkanes of at least 4 members (excludes halogenated alkanes) is 8. The van der Waals surface area contributed by atoms with E-state index in [4.69, 9.17) is 5.11 Å². The van der Waals surface area contributed by atoms with E-state index in [9.17, 15) is 24.6 Å². The van der Waals surface area contributed by atoms with Crippen LogP contribution in [0.1, 0.15) is 104 Å². The molecule has 0 aromatic heterocycles. The summed E-state index contributed by atoms with van der Waals surface area (Å²) in [5.41, 5.74) is 0. The molecule has 0 atom stereocenters. The number of amides is 1. The van der Waals surface area contributed by atoms with Crippen molar-refractivity contribution in [3.8, 4) is 0 Å². The molecule has 0 fully saturated rings. The Morgan fingerprint density at radius 1 is 0.774 bits per heavy atom. The fraction of sp³-hybridized carbons (Fsp3) is 0.818. The summed E-state index contributed by atoms with van der Waals surface area (Å²) in [6, 6.07) is 0. The molecule has 176 valence electrons. The topological polar surface area (TPSA) is 142 Å². The number of aliphatic carboxylic acids is 2. The molecule has 0 aliphatic heterocycles. The van der Waals surface area contributed by atoms with E-state index in [0.717, 1.165) is 32.1 Å². The third kappa shape index (κ3) is 34.0. The smallest absolute Gasteiger partial charge is 0.862 e. The SMILES string of the molecule is CCCCCCCC(=O)NCCC(=O)O.CCCCCCCC([O-])=NCCC(=O)[O-].[Ca+2]. The van der Waals surface area contributed by atoms with E-state index in [0.29, 0.717) is 12.8 Å². The van der Waals surface area contributed by atoms with E-state index < -0.39 is 11.9 Å². The van der Waals surface area contributed by atoms with Gasteiger partial charge >= 0.3 is 43.7 Å². The fourth-order valence-electron chi connectivity index (χ4n) is 2.52. The molecular weight excluding hydrogens is 428 g/mol. The first kappa shape index (κ1) is 34.7. The second-order valence-corrected chi connectivity index (χ2v) is 7.22. The molecule has 2 N–H and O–H groups in total. The molecule has 0 aliphatic rings. The molecule has 0 unspecified atom stereocenters. The molecular formula is C22H40CaN2O6. The van der Waals surface area contributed by atoms with Gasteiger partial charge in [0.1, 0.15) is 0 Å². The van der Waals surface area contributed by atoms with Gasteiger partial charge in [-0.15, -0.1) is 0 Å². The number of nitrogens with one attached hydrogen (secondary N) is 1. The largest absolute Gasteiger partial charge is 2.00 e. The molecule has 0 saturated heterocycles. The van der Waals surface area contributed by atoms with Crippen LogP contribution < -0.4 is 15.5 Å². The molecule has 0 bridgehead atoms. The van der Waals surface area contributed by atoms with Crippen LogP contribution in [0.25, 0.3) is 0 Å². The normalized spacial score (nSPS) is 10.5. The van der Waals surface area contributed by atoms with Crippen molar-refractivity contribution >= 4 is 61.5 Å². The first-order valence-electron chi connectivity index (χ1n) is 11.2. The molecule has 8 nitrogen and oxygen atoms in total. The van der Waals surface area contributed by atoms with Gasteiger partial charge in [-0.25, -0.2) is 0 Å². The summed E-state index contributed by atoms with van der Waals surface area (Å²) in [5, 5.41) is 32.0. The van der Waals surface area contributed by atoms with Gasteiger partial charge in [0.2, 0.25) is 5.91 Å². The number of aliphatic imine (C=N–C) groups is 1. The zero-order chi connectivity index (χ0) is 23.0. The van der Waals surface area contributed by atoms with Gasteiger partial charge in [0.15, 0.2) is 0 Å². The van der Waals surface area contributed by atoms with Gasteiger partial charge in [-0.2, -0.15) is 0 Å². The minimum atomic E-state index is -1.16. The van der Waals surface area contributed by atoms with Crippen LogP contribution in [-0.4, -0.2) is 79.7 Å². The quantitative estimate of drug-likeness (QED) is 0.136. The number of hydrogen-bond donors (Lipinski definition) is 2. The standard InChI is InChI=1S/2C11H21NO3.Ca/c2*1-2-3-4-5-6-7-10(13)12-9-8-11(14)15;/h2*2-9H2,1H3,(H,12,13)(H,14,15);/q;;+2/p-2. The van der Waals surface area contributed by atoms with Gasteiger partial charge in [0.25, 0.3) is 0 Å². The summed E-state index contributed by atoms with van der Waals surface area (Å²) in [6.07, 6.45) is 11.8. The first-order chi connectivity index (χ1) is 14.3. The van der Waals surface area contributed by atoms with E-state index in [-0.39, 0.29) is 75.5 Å². The maximum Gasteiger partial charge on any atom is 2.00 e. The summed E-state index contributed by atoms with van der Waals surface area (Å²) in [7, 11) is 0. The minimum Gasteiger partial charge on any atom is -0.862 e.